The van der Waals surface area contributed by atoms with E-state index in [9.17, 15) is 0 Å². The van der Waals surface area contributed by atoms with Gasteiger partial charge in [0.15, 0.2) is 0 Å². The highest BCUT2D eigenvalue weighted by Crippen LogP contribution is 2.26. The van der Waals surface area contributed by atoms with Crippen LogP contribution in [0.15, 0.2) is 35.8 Å². The van der Waals surface area contributed by atoms with E-state index in [1.165, 1.54) is 11.1 Å². The standard InChI is InChI=1S/C13H17N/c1-10(2)11-7-6-8-12(9-11)13(3,4)14-5/h6-9H,1,5H2,2-4H3. The Balaban J connectivity index is 3.18. The van der Waals surface area contributed by atoms with E-state index in [1.807, 2.05) is 13.0 Å². The lowest BCUT2D eigenvalue weighted by Gasteiger charge is -2.20. The average molecular weight is 187 g/mol. The lowest BCUT2D eigenvalue weighted by atomic mass is 9.92. The molecule has 74 valence electrons. The van der Waals surface area contributed by atoms with Gasteiger partial charge < -0.3 is 0 Å². The average Bonchev–Trinajstić information content (AvgIpc) is 2.18. The van der Waals surface area contributed by atoms with Crippen molar-refractivity contribution in [2.45, 2.75) is 26.3 Å². The minimum atomic E-state index is -0.217. The van der Waals surface area contributed by atoms with E-state index in [0.29, 0.717) is 0 Å². The summed E-state index contributed by atoms with van der Waals surface area (Å²) in [4.78, 5) is 4.11. The Bertz CT molecular complexity index is 361. The normalized spacial score (nSPS) is 11.1. The number of aliphatic imine (C=N–C) groups is 1. The van der Waals surface area contributed by atoms with Crippen LogP contribution in [0.2, 0.25) is 0 Å². The molecule has 0 heterocycles. The number of nitrogens with zero attached hydrogens (tertiary/aromatic N) is 1. The van der Waals surface area contributed by atoms with E-state index >= 15 is 0 Å². The molecule has 0 atom stereocenters. The number of hydrogen-bond acceptors (Lipinski definition) is 1. The highest BCUT2D eigenvalue weighted by molar-refractivity contribution is 5.62. The zero-order valence-electron chi connectivity index (χ0n) is 9.17. The first-order valence-electron chi connectivity index (χ1n) is 4.71. The first-order valence-corrected chi connectivity index (χ1v) is 4.71. The fourth-order valence-corrected chi connectivity index (χ4v) is 1.26. The molecule has 0 amide bonds. The van der Waals surface area contributed by atoms with Crippen molar-refractivity contribution >= 4 is 12.3 Å². The van der Waals surface area contributed by atoms with Gasteiger partial charge in [-0.2, -0.15) is 0 Å². The third-order valence-corrected chi connectivity index (χ3v) is 2.46. The van der Waals surface area contributed by atoms with Crippen LogP contribution in [-0.2, 0) is 5.54 Å². The molecular formula is C13H17N. The molecule has 0 unspecified atom stereocenters. The quantitative estimate of drug-likeness (QED) is 0.640. The van der Waals surface area contributed by atoms with Crippen LogP contribution < -0.4 is 0 Å². The molecule has 1 aromatic rings. The van der Waals surface area contributed by atoms with Crippen LogP contribution in [0, 0.1) is 0 Å². The lowest BCUT2D eigenvalue weighted by Crippen LogP contribution is -2.13. The molecule has 1 rings (SSSR count). The van der Waals surface area contributed by atoms with Crippen LogP contribution in [0.1, 0.15) is 31.9 Å². The van der Waals surface area contributed by atoms with Crippen molar-refractivity contribution in [2.24, 2.45) is 4.99 Å². The Labute approximate surface area is 86.2 Å². The van der Waals surface area contributed by atoms with E-state index in [1.54, 1.807) is 0 Å². The fraction of sp³-hybridized carbons (Fsp3) is 0.308. The Morgan fingerprint density at radius 3 is 2.50 bits per heavy atom. The van der Waals surface area contributed by atoms with Gasteiger partial charge in [-0.05, 0) is 44.7 Å². The van der Waals surface area contributed by atoms with Crippen molar-refractivity contribution in [1.29, 1.82) is 0 Å². The number of benzene rings is 1. The van der Waals surface area contributed by atoms with E-state index in [0.717, 1.165) is 5.57 Å². The summed E-state index contributed by atoms with van der Waals surface area (Å²) in [6.07, 6.45) is 0. The Morgan fingerprint density at radius 1 is 1.36 bits per heavy atom. The van der Waals surface area contributed by atoms with Crippen molar-refractivity contribution in [3.63, 3.8) is 0 Å². The molecule has 0 spiro atoms. The summed E-state index contributed by atoms with van der Waals surface area (Å²) in [5.41, 5.74) is 3.20. The zero-order valence-corrected chi connectivity index (χ0v) is 9.17. The molecule has 0 aromatic heterocycles. The minimum Gasteiger partial charge on any atom is -0.290 e. The highest BCUT2D eigenvalue weighted by Gasteiger charge is 2.17. The summed E-state index contributed by atoms with van der Waals surface area (Å²) in [7, 11) is 0. The summed E-state index contributed by atoms with van der Waals surface area (Å²) in [5.74, 6) is 0. The predicted molar refractivity (Wildman–Crippen MR) is 63.7 cm³/mol. The second-order valence-corrected chi connectivity index (χ2v) is 4.08. The van der Waals surface area contributed by atoms with E-state index in [4.69, 9.17) is 0 Å². The number of hydrogen-bond donors (Lipinski definition) is 0. The van der Waals surface area contributed by atoms with Crippen LogP contribution in [0.4, 0.5) is 0 Å². The molecule has 0 radical (unpaired) electrons. The van der Waals surface area contributed by atoms with Gasteiger partial charge in [0.25, 0.3) is 0 Å². The van der Waals surface area contributed by atoms with Gasteiger partial charge in [-0.25, -0.2) is 0 Å². The van der Waals surface area contributed by atoms with Crippen molar-refractivity contribution in [2.75, 3.05) is 0 Å². The molecule has 0 aliphatic heterocycles. The molecule has 0 saturated heterocycles. The largest absolute Gasteiger partial charge is 0.290 e. The van der Waals surface area contributed by atoms with Gasteiger partial charge in [0.05, 0.1) is 5.54 Å². The molecule has 1 aromatic carbocycles. The predicted octanol–water partition coefficient (Wildman–Crippen LogP) is 3.66. The van der Waals surface area contributed by atoms with Crippen molar-refractivity contribution in [3.8, 4) is 0 Å². The van der Waals surface area contributed by atoms with E-state index < -0.39 is 0 Å². The maximum absolute atomic E-state index is 4.11. The maximum Gasteiger partial charge on any atom is 0.0793 e. The summed E-state index contributed by atoms with van der Waals surface area (Å²) in [5, 5.41) is 0. The second kappa shape index (κ2) is 3.79. The van der Waals surface area contributed by atoms with Gasteiger partial charge in [0.2, 0.25) is 0 Å². The third kappa shape index (κ3) is 2.11. The minimum absolute atomic E-state index is 0.217. The Hall–Kier alpha value is -1.37. The second-order valence-electron chi connectivity index (χ2n) is 4.08. The number of allylic oxidation sites excluding steroid dienone is 1. The first kappa shape index (κ1) is 10.7. The third-order valence-electron chi connectivity index (χ3n) is 2.46. The summed E-state index contributed by atoms with van der Waals surface area (Å²) in [6, 6.07) is 8.29. The molecule has 1 heteroatoms. The summed E-state index contributed by atoms with van der Waals surface area (Å²) >= 11 is 0. The van der Waals surface area contributed by atoms with E-state index in [2.05, 4.69) is 50.3 Å². The van der Waals surface area contributed by atoms with Gasteiger partial charge in [-0.3, -0.25) is 4.99 Å². The molecule has 0 fully saturated rings. The lowest BCUT2D eigenvalue weighted by molar-refractivity contribution is 0.563. The van der Waals surface area contributed by atoms with Crippen LogP contribution in [0.3, 0.4) is 0 Å². The molecule has 0 bridgehead atoms. The molecule has 0 N–H and O–H groups in total. The zero-order chi connectivity index (χ0) is 10.8. The van der Waals surface area contributed by atoms with Crippen molar-refractivity contribution in [1.82, 2.24) is 0 Å². The van der Waals surface area contributed by atoms with Crippen LogP contribution in [0.5, 0.6) is 0 Å². The smallest absolute Gasteiger partial charge is 0.0793 e. The molecule has 0 aliphatic rings. The van der Waals surface area contributed by atoms with Gasteiger partial charge in [0, 0.05) is 0 Å². The van der Waals surface area contributed by atoms with E-state index in [-0.39, 0.29) is 5.54 Å². The van der Waals surface area contributed by atoms with Gasteiger partial charge in [0.1, 0.15) is 0 Å². The monoisotopic (exact) mass is 187 g/mol. The number of rotatable bonds is 3. The molecule has 0 aliphatic carbocycles. The van der Waals surface area contributed by atoms with Gasteiger partial charge in [-0.1, -0.05) is 30.4 Å². The Morgan fingerprint density at radius 2 is 2.00 bits per heavy atom. The van der Waals surface area contributed by atoms with Gasteiger partial charge in [-0.15, -0.1) is 0 Å². The molecule has 0 saturated carbocycles. The maximum atomic E-state index is 4.11. The highest BCUT2D eigenvalue weighted by atomic mass is 14.8. The summed E-state index contributed by atoms with van der Waals surface area (Å²) in [6.45, 7) is 13.7. The van der Waals surface area contributed by atoms with Crippen molar-refractivity contribution in [3.05, 3.63) is 42.0 Å². The molecule has 14 heavy (non-hydrogen) atoms. The summed E-state index contributed by atoms with van der Waals surface area (Å²) < 4.78 is 0. The topological polar surface area (TPSA) is 12.4 Å². The SMILES string of the molecule is C=NC(C)(C)c1cccc(C(=C)C)c1. The molecular weight excluding hydrogens is 170 g/mol. The van der Waals surface area contributed by atoms with Crippen LogP contribution >= 0.6 is 0 Å². The molecule has 1 nitrogen and oxygen atoms in total. The Kier molecular flexibility index (Phi) is 2.90. The van der Waals surface area contributed by atoms with Crippen LogP contribution in [0.25, 0.3) is 5.57 Å². The first-order chi connectivity index (χ1) is 6.47. The van der Waals surface area contributed by atoms with Crippen molar-refractivity contribution < 1.29 is 0 Å². The van der Waals surface area contributed by atoms with Crippen LogP contribution in [-0.4, -0.2) is 6.72 Å². The fourth-order valence-electron chi connectivity index (χ4n) is 1.26. The van der Waals surface area contributed by atoms with Gasteiger partial charge >= 0.3 is 0 Å².